The number of benzene rings is 3. The number of hydrogen-bond acceptors (Lipinski definition) is 12. The van der Waals surface area contributed by atoms with Crippen molar-refractivity contribution in [2.24, 2.45) is 0 Å². The van der Waals surface area contributed by atoms with Crippen molar-refractivity contribution in [1.29, 1.82) is 0 Å². The van der Waals surface area contributed by atoms with Crippen LogP contribution in [0, 0.1) is 20.8 Å². The van der Waals surface area contributed by atoms with Gasteiger partial charge in [-0.05, 0) is 57.2 Å². The molecule has 3 aromatic carbocycles. The summed E-state index contributed by atoms with van der Waals surface area (Å²) in [4.78, 5) is 45.7. The SMILES string of the molecule is Cc1c(OC=O)ccc(-c2nc(-c3ccc(OC=O)c(C)c3O)nc(-c3ccc(OC=O)c(C)c3O)n2)c1O. The molecule has 0 atom stereocenters. The minimum absolute atomic E-state index is 0.0382. The Morgan fingerprint density at radius 1 is 0.513 bits per heavy atom. The van der Waals surface area contributed by atoms with Crippen LogP contribution in [0.25, 0.3) is 34.2 Å². The third kappa shape index (κ3) is 4.90. The first-order valence-electron chi connectivity index (χ1n) is 11.3. The topological polar surface area (TPSA) is 178 Å². The van der Waals surface area contributed by atoms with E-state index in [4.69, 9.17) is 14.2 Å². The number of rotatable bonds is 9. The van der Waals surface area contributed by atoms with Crippen LogP contribution in [0.3, 0.4) is 0 Å². The first-order valence-corrected chi connectivity index (χ1v) is 11.3. The van der Waals surface area contributed by atoms with Crippen LogP contribution in [-0.2, 0) is 14.4 Å². The van der Waals surface area contributed by atoms with Gasteiger partial charge in [-0.1, -0.05) is 0 Å². The van der Waals surface area contributed by atoms with Crippen molar-refractivity contribution in [2.75, 3.05) is 0 Å². The van der Waals surface area contributed by atoms with Gasteiger partial charge in [0.2, 0.25) is 0 Å². The van der Waals surface area contributed by atoms with Crippen LogP contribution in [0.15, 0.2) is 36.4 Å². The van der Waals surface area contributed by atoms with E-state index < -0.39 is 0 Å². The van der Waals surface area contributed by atoms with Crippen LogP contribution in [0.4, 0.5) is 0 Å². The zero-order valence-electron chi connectivity index (χ0n) is 20.8. The first-order chi connectivity index (χ1) is 18.7. The van der Waals surface area contributed by atoms with Crippen molar-refractivity contribution in [3.63, 3.8) is 0 Å². The van der Waals surface area contributed by atoms with E-state index in [1.54, 1.807) is 0 Å². The predicted octanol–water partition coefficient (Wildman–Crippen LogP) is 3.52. The number of ether oxygens (including phenoxy) is 3. The molecule has 0 aliphatic carbocycles. The summed E-state index contributed by atoms with van der Waals surface area (Å²) in [5.41, 5.74) is 1.16. The number of carbonyl (C=O) groups is 3. The summed E-state index contributed by atoms with van der Waals surface area (Å²) < 4.78 is 14.6. The van der Waals surface area contributed by atoms with Gasteiger partial charge in [-0.2, -0.15) is 0 Å². The molecule has 3 N–H and O–H groups in total. The van der Waals surface area contributed by atoms with E-state index in [-0.39, 0.29) is 105 Å². The molecule has 0 saturated heterocycles. The van der Waals surface area contributed by atoms with E-state index in [1.165, 1.54) is 57.2 Å². The number of phenols is 3. The molecule has 0 bridgehead atoms. The molecule has 4 aromatic rings. The second-order valence-electron chi connectivity index (χ2n) is 8.20. The number of hydrogen-bond donors (Lipinski definition) is 3. The second-order valence-corrected chi connectivity index (χ2v) is 8.20. The molecule has 4 rings (SSSR count). The van der Waals surface area contributed by atoms with Crippen LogP contribution in [0.2, 0.25) is 0 Å². The lowest BCUT2D eigenvalue weighted by Gasteiger charge is -2.15. The van der Waals surface area contributed by atoms with Crippen molar-refractivity contribution in [3.8, 4) is 68.7 Å². The molecular weight excluding hydrogens is 510 g/mol. The molecule has 0 amide bonds. The summed E-state index contributed by atoms with van der Waals surface area (Å²) in [5.74, 6) is -0.569. The van der Waals surface area contributed by atoms with Gasteiger partial charge >= 0.3 is 0 Å². The molecule has 12 heteroatoms. The maximum absolute atomic E-state index is 10.9. The molecule has 12 nitrogen and oxygen atoms in total. The van der Waals surface area contributed by atoms with Gasteiger partial charge in [-0.3, -0.25) is 14.4 Å². The number of nitrogens with zero attached hydrogens (tertiary/aromatic N) is 3. The number of aromatic nitrogens is 3. The van der Waals surface area contributed by atoms with Crippen LogP contribution in [-0.4, -0.2) is 49.7 Å². The van der Waals surface area contributed by atoms with Crippen molar-refractivity contribution in [1.82, 2.24) is 15.0 Å². The Bertz CT molecular complexity index is 1420. The zero-order valence-corrected chi connectivity index (χ0v) is 20.8. The van der Waals surface area contributed by atoms with Gasteiger partial charge in [0.25, 0.3) is 19.4 Å². The van der Waals surface area contributed by atoms with Gasteiger partial charge < -0.3 is 29.5 Å². The average molecular weight is 531 g/mol. The average Bonchev–Trinajstić information content (AvgIpc) is 2.92. The Labute approximate surface area is 221 Å². The molecular formula is C27H21N3O9. The highest BCUT2D eigenvalue weighted by atomic mass is 16.5. The molecule has 198 valence electrons. The maximum atomic E-state index is 10.9. The smallest absolute Gasteiger partial charge is 0.298 e. The molecule has 0 unspecified atom stereocenters. The van der Waals surface area contributed by atoms with Crippen LogP contribution >= 0.6 is 0 Å². The van der Waals surface area contributed by atoms with Crippen molar-refractivity contribution >= 4 is 19.4 Å². The summed E-state index contributed by atoms with van der Waals surface area (Å²) >= 11 is 0. The normalized spacial score (nSPS) is 10.5. The third-order valence-corrected chi connectivity index (χ3v) is 6.03. The van der Waals surface area contributed by atoms with Gasteiger partial charge in [-0.25, -0.2) is 15.0 Å². The number of phenolic OH excluding ortho intramolecular Hbond substituents is 3. The first kappa shape index (κ1) is 26.5. The molecule has 0 radical (unpaired) electrons. The molecule has 0 saturated carbocycles. The van der Waals surface area contributed by atoms with E-state index in [2.05, 4.69) is 15.0 Å². The Kier molecular flexibility index (Phi) is 7.38. The fraction of sp³-hybridized carbons (Fsp3) is 0.111. The summed E-state index contributed by atoms with van der Waals surface area (Å²) in [7, 11) is 0. The molecule has 0 spiro atoms. The van der Waals surface area contributed by atoms with E-state index >= 15 is 0 Å². The quantitative estimate of drug-likeness (QED) is 0.268. The molecule has 0 aliphatic rings. The van der Waals surface area contributed by atoms with Gasteiger partial charge in [0.05, 0.1) is 16.7 Å². The van der Waals surface area contributed by atoms with Crippen LogP contribution in [0.1, 0.15) is 16.7 Å². The monoisotopic (exact) mass is 531 g/mol. The predicted molar refractivity (Wildman–Crippen MR) is 135 cm³/mol. The van der Waals surface area contributed by atoms with Gasteiger partial charge in [-0.15, -0.1) is 0 Å². The van der Waals surface area contributed by atoms with E-state index in [1.807, 2.05) is 0 Å². The van der Waals surface area contributed by atoms with Crippen molar-refractivity contribution in [2.45, 2.75) is 20.8 Å². The highest BCUT2D eigenvalue weighted by molar-refractivity contribution is 5.77. The van der Waals surface area contributed by atoms with E-state index in [0.717, 1.165) is 0 Å². The second kappa shape index (κ2) is 10.8. The summed E-state index contributed by atoms with van der Waals surface area (Å²) in [6.45, 7) is 5.28. The lowest BCUT2D eigenvalue weighted by atomic mass is 10.1. The Balaban J connectivity index is 1.99. The summed E-state index contributed by atoms with van der Waals surface area (Å²) in [5, 5.41) is 32.6. The minimum atomic E-state index is -0.275. The van der Waals surface area contributed by atoms with Gasteiger partial charge in [0.15, 0.2) is 17.5 Å². The third-order valence-electron chi connectivity index (χ3n) is 6.03. The minimum Gasteiger partial charge on any atom is -0.507 e. The standard InChI is InChI=1S/C27H21N3O9/c1-13-19(37-10-31)7-4-16(22(13)34)25-28-26(17-5-8-20(38-11-32)14(2)23(17)35)30-27(29-25)18-6-9-21(39-12-33)15(3)24(18)36/h4-12,34-36H,1-3H3. The number of carbonyl (C=O) groups excluding carboxylic acids is 3. The highest BCUT2D eigenvalue weighted by Crippen LogP contribution is 2.41. The van der Waals surface area contributed by atoms with Crippen LogP contribution in [0.5, 0.6) is 34.5 Å². The Hall–Kier alpha value is -5.52. The van der Waals surface area contributed by atoms with E-state index in [9.17, 15) is 29.7 Å². The van der Waals surface area contributed by atoms with Crippen molar-refractivity contribution < 1.29 is 43.9 Å². The molecule has 1 aromatic heterocycles. The molecule has 39 heavy (non-hydrogen) atoms. The zero-order chi connectivity index (χ0) is 28.3. The van der Waals surface area contributed by atoms with Crippen molar-refractivity contribution in [3.05, 3.63) is 53.1 Å². The van der Waals surface area contributed by atoms with Gasteiger partial charge in [0.1, 0.15) is 34.5 Å². The Morgan fingerprint density at radius 3 is 1.00 bits per heavy atom. The maximum Gasteiger partial charge on any atom is 0.298 e. The molecule has 0 aliphatic heterocycles. The summed E-state index contributed by atoms with van der Waals surface area (Å²) in [6.07, 6.45) is 0. The van der Waals surface area contributed by atoms with Crippen LogP contribution < -0.4 is 14.2 Å². The fourth-order valence-corrected chi connectivity index (χ4v) is 3.86. The van der Waals surface area contributed by atoms with Gasteiger partial charge in [0, 0.05) is 16.7 Å². The largest absolute Gasteiger partial charge is 0.507 e. The summed E-state index contributed by atoms with van der Waals surface area (Å²) in [6, 6.07) is 8.64. The highest BCUT2D eigenvalue weighted by Gasteiger charge is 2.22. The molecule has 0 fully saturated rings. The Morgan fingerprint density at radius 2 is 0.769 bits per heavy atom. The van der Waals surface area contributed by atoms with E-state index in [0.29, 0.717) is 0 Å². The lowest BCUT2D eigenvalue weighted by molar-refractivity contribution is -0.121. The number of aromatic hydroxyl groups is 3. The lowest BCUT2D eigenvalue weighted by Crippen LogP contribution is -2.03. The fourth-order valence-electron chi connectivity index (χ4n) is 3.86. The molecule has 1 heterocycles.